The molecule has 0 aromatic carbocycles. The Balaban J connectivity index is 2.28. The van der Waals surface area contributed by atoms with Gasteiger partial charge in [-0.1, -0.05) is 32.4 Å². The van der Waals surface area contributed by atoms with E-state index in [4.69, 9.17) is 16.0 Å². The summed E-state index contributed by atoms with van der Waals surface area (Å²) in [5.41, 5.74) is 2.27. The fraction of sp³-hybridized carbons (Fsp3) is 0.667. The number of nitrogens with zero attached hydrogens (tertiary/aromatic N) is 1. The summed E-state index contributed by atoms with van der Waals surface area (Å²) >= 11 is 6.28. The topological polar surface area (TPSA) is 22.1 Å². The van der Waals surface area contributed by atoms with E-state index in [1.807, 2.05) is 6.07 Å². The zero-order valence-electron chi connectivity index (χ0n) is 12.6. The van der Waals surface area contributed by atoms with Crippen molar-refractivity contribution in [3.05, 3.63) is 28.5 Å². The van der Waals surface area contributed by atoms with Crippen LogP contribution in [0.25, 0.3) is 0 Å². The van der Waals surface area contributed by atoms with Gasteiger partial charge in [0.05, 0.1) is 11.8 Å². The summed E-state index contributed by atoms with van der Waals surface area (Å²) in [6, 6.07) is 1.88. The average Bonchev–Trinajstić information content (AvgIpc) is 2.28. The maximum atomic E-state index is 6.54. The number of pyridine rings is 1. The minimum atomic E-state index is -1.76. The number of fused-ring (bicyclic) bond motifs is 1. The molecule has 1 aromatic heterocycles. The predicted molar refractivity (Wildman–Crippen MR) is 83.2 cm³/mol. The molecule has 1 atom stereocenters. The van der Waals surface area contributed by atoms with Gasteiger partial charge in [-0.15, -0.1) is 0 Å². The Kier molecular flexibility index (Phi) is 4.10. The first-order valence-electron chi connectivity index (χ1n) is 7.03. The second kappa shape index (κ2) is 5.19. The summed E-state index contributed by atoms with van der Waals surface area (Å²) < 4.78 is 6.54. The summed E-state index contributed by atoms with van der Waals surface area (Å²) in [5, 5.41) is 1.07. The Morgan fingerprint density at radius 2 is 2.05 bits per heavy atom. The summed E-state index contributed by atoms with van der Waals surface area (Å²) in [5.74, 6) is 0. The van der Waals surface area contributed by atoms with Crippen molar-refractivity contribution in [1.29, 1.82) is 0 Å². The first-order valence-corrected chi connectivity index (χ1v) is 10.3. The van der Waals surface area contributed by atoms with Crippen LogP contribution in [0.1, 0.15) is 51.0 Å². The predicted octanol–water partition coefficient (Wildman–Crippen LogP) is 5.13. The summed E-state index contributed by atoms with van der Waals surface area (Å²) in [6.45, 7) is 11.4. The van der Waals surface area contributed by atoms with Crippen LogP contribution < -0.4 is 0 Å². The average molecular weight is 298 g/mol. The molecule has 0 spiro atoms. The van der Waals surface area contributed by atoms with Gasteiger partial charge in [0.2, 0.25) is 0 Å². The van der Waals surface area contributed by atoms with Gasteiger partial charge >= 0.3 is 0 Å². The number of hydrogen-bond donors (Lipinski definition) is 0. The Morgan fingerprint density at radius 1 is 1.37 bits per heavy atom. The fourth-order valence-electron chi connectivity index (χ4n) is 2.26. The molecule has 4 heteroatoms. The van der Waals surface area contributed by atoms with Crippen molar-refractivity contribution >= 4 is 19.9 Å². The van der Waals surface area contributed by atoms with Gasteiger partial charge < -0.3 is 4.43 Å². The summed E-state index contributed by atoms with van der Waals surface area (Å²) in [4.78, 5) is 4.54. The van der Waals surface area contributed by atoms with Crippen molar-refractivity contribution in [2.45, 2.75) is 64.3 Å². The van der Waals surface area contributed by atoms with Gasteiger partial charge in [0.1, 0.15) is 0 Å². The molecular formula is C15H24ClNOSi. The zero-order valence-corrected chi connectivity index (χ0v) is 14.3. The molecule has 0 saturated carbocycles. The van der Waals surface area contributed by atoms with Gasteiger partial charge in [0.25, 0.3) is 0 Å². The SMILES string of the molecule is CC(C)(C)[Si](C)(C)O[C@@H]1CCCc2c(Cl)ccnc21. The van der Waals surface area contributed by atoms with E-state index in [2.05, 4.69) is 38.8 Å². The van der Waals surface area contributed by atoms with Gasteiger partial charge in [0, 0.05) is 11.2 Å². The third kappa shape index (κ3) is 3.04. The Bertz CT molecular complexity index is 468. The summed E-state index contributed by atoms with van der Waals surface area (Å²) in [6.07, 6.45) is 5.15. The molecular weight excluding hydrogens is 274 g/mol. The first kappa shape index (κ1) is 15.0. The number of halogens is 1. The van der Waals surface area contributed by atoms with E-state index >= 15 is 0 Å². The molecule has 0 N–H and O–H groups in total. The van der Waals surface area contributed by atoms with E-state index in [1.165, 1.54) is 5.56 Å². The molecule has 106 valence electrons. The molecule has 0 unspecified atom stereocenters. The van der Waals surface area contributed by atoms with Crippen molar-refractivity contribution in [1.82, 2.24) is 4.98 Å². The van der Waals surface area contributed by atoms with Gasteiger partial charge in [-0.25, -0.2) is 0 Å². The van der Waals surface area contributed by atoms with Crippen LogP contribution in [0.4, 0.5) is 0 Å². The van der Waals surface area contributed by atoms with Crippen LogP contribution in [0.15, 0.2) is 12.3 Å². The maximum Gasteiger partial charge on any atom is 0.192 e. The van der Waals surface area contributed by atoms with Crippen molar-refractivity contribution < 1.29 is 4.43 Å². The van der Waals surface area contributed by atoms with Crippen LogP contribution in [0.5, 0.6) is 0 Å². The molecule has 0 saturated heterocycles. The van der Waals surface area contributed by atoms with Crippen molar-refractivity contribution in [3.63, 3.8) is 0 Å². The van der Waals surface area contributed by atoms with Crippen molar-refractivity contribution in [2.75, 3.05) is 0 Å². The summed E-state index contributed by atoms with van der Waals surface area (Å²) in [7, 11) is -1.76. The lowest BCUT2D eigenvalue weighted by atomic mass is 9.94. The normalized spacial score (nSPS) is 20.2. The molecule has 19 heavy (non-hydrogen) atoms. The first-order chi connectivity index (χ1) is 8.72. The lowest BCUT2D eigenvalue weighted by Gasteiger charge is -2.40. The Labute approximate surface area is 122 Å². The maximum absolute atomic E-state index is 6.54. The van der Waals surface area contributed by atoms with Crippen molar-refractivity contribution in [2.24, 2.45) is 0 Å². The highest BCUT2D eigenvalue weighted by Gasteiger charge is 2.40. The van der Waals surface area contributed by atoms with Crippen LogP contribution in [0.3, 0.4) is 0 Å². The van der Waals surface area contributed by atoms with Crippen LogP contribution in [-0.4, -0.2) is 13.3 Å². The number of hydrogen-bond acceptors (Lipinski definition) is 2. The van der Waals surface area contributed by atoms with E-state index in [0.29, 0.717) is 0 Å². The molecule has 2 rings (SSSR count). The minimum Gasteiger partial charge on any atom is -0.408 e. The van der Waals surface area contributed by atoms with E-state index in [1.54, 1.807) is 6.20 Å². The smallest absolute Gasteiger partial charge is 0.192 e. The zero-order chi connectivity index (χ0) is 14.3. The number of rotatable bonds is 2. The van der Waals surface area contributed by atoms with E-state index < -0.39 is 8.32 Å². The molecule has 0 bridgehead atoms. The van der Waals surface area contributed by atoms with Gasteiger partial charge in [-0.3, -0.25) is 4.98 Å². The molecule has 0 aliphatic heterocycles. The molecule has 1 aliphatic carbocycles. The lowest BCUT2D eigenvalue weighted by Crippen LogP contribution is -2.42. The van der Waals surface area contributed by atoms with Gasteiger partial charge in [-0.2, -0.15) is 0 Å². The molecule has 0 amide bonds. The van der Waals surface area contributed by atoms with Crippen LogP contribution in [0, 0.1) is 0 Å². The molecule has 0 radical (unpaired) electrons. The number of aromatic nitrogens is 1. The minimum absolute atomic E-state index is 0.128. The van der Waals surface area contributed by atoms with Crippen LogP contribution in [0.2, 0.25) is 23.2 Å². The third-order valence-electron chi connectivity index (χ3n) is 4.47. The van der Waals surface area contributed by atoms with E-state index in [9.17, 15) is 0 Å². The van der Waals surface area contributed by atoms with Crippen molar-refractivity contribution in [3.8, 4) is 0 Å². The second-order valence-corrected chi connectivity index (χ2v) is 12.1. The second-order valence-electron chi connectivity index (χ2n) is 6.92. The Hall–Kier alpha value is -0.383. The van der Waals surface area contributed by atoms with E-state index in [-0.39, 0.29) is 11.1 Å². The molecule has 1 aliphatic rings. The highest BCUT2D eigenvalue weighted by molar-refractivity contribution is 6.74. The standard InChI is InChI=1S/C15H24ClNOSi/c1-15(2,3)19(4,5)18-13-8-6-7-11-12(16)9-10-17-14(11)13/h9-10,13H,6-8H2,1-5H3/t13-/m1/s1. The van der Waals surface area contributed by atoms with Gasteiger partial charge in [0.15, 0.2) is 8.32 Å². The molecule has 1 heterocycles. The molecule has 2 nitrogen and oxygen atoms in total. The lowest BCUT2D eigenvalue weighted by molar-refractivity contribution is 0.158. The molecule has 1 aromatic rings. The van der Waals surface area contributed by atoms with Gasteiger partial charge in [-0.05, 0) is 49.0 Å². The van der Waals surface area contributed by atoms with Crippen LogP contribution in [-0.2, 0) is 10.8 Å². The quantitative estimate of drug-likeness (QED) is 0.706. The largest absolute Gasteiger partial charge is 0.408 e. The third-order valence-corrected chi connectivity index (χ3v) is 9.31. The highest BCUT2D eigenvalue weighted by Crippen LogP contribution is 2.43. The van der Waals surface area contributed by atoms with Crippen LogP contribution >= 0.6 is 11.6 Å². The Morgan fingerprint density at radius 3 is 2.68 bits per heavy atom. The molecule has 0 fully saturated rings. The highest BCUT2D eigenvalue weighted by atomic mass is 35.5. The fourth-order valence-corrected chi connectivity index (χ4v) is 3.80. The van der Waals surface area contributed by atoms with E-state index in [0.717, 1.165) is 30.0 Å². The monoisotopic (exact) mass is 297 g/mol.